The van der Waals surface area contributed by atoms with E-state index < -0.39 is 0 Å². The molecule has 0 fully saturated rings. The third-order valence-corrected chi connectivity index (χ3v) is 4.10. The number of nitriles is 1. The molecule has 102 valence electrons. The molecular formula is C16H10BrN3S. The van der Waals surface area contributed by atoms with Crippen LogP contribution in [0.2, 0.25) is 0 Å². The number of aromatic amines is 1. The van der Waals surface area contributed by atoms with Crippen molar-refractivity contribution in [3.63, 3.8) is 0 Å². The molecule has 2 aromatic carbocycles. The average molecular weight is 356 g/mol. The van der Waals surface area contributed by atoms with E-state index in [-0.39, 0.29) is 0 Å². The lowest BCUT2D eigenvalue weighted by molar-refractivity contribution is 1.03. The van der Waals surface area contributed by atoms with Crippen molar-refractivity contribution in [3.05, 3.63) is 69.5 Å². The van der Waals surface area contributed by atoms with Crippen LogP contribution in [0.25, 0.3) is 16.9 Å². The molecule has 3 aromatic rings. The predicted molar refractivity (Wildman–Crippen MR) is 88.8 cm³/mol. The number of hydrogen-bond donors (Lipinski definition) is 1. The number of nitrogens with zero attached hydrogens (tertiary/aromatic N) is 2. The van der Waals surface area contributed by atoms with Gasteiger partial charge in [-0.05, 0) is 46.3 Å². The number of hydrogen-bond acceptors (Lipinski definition) is 2. The van der Waals surface area contributed by atoms with Gasteiger partial charge in [-0.2, -0.15) is 5.26 Å². The highest BCUT2D eigenvalue weighted by Crippen LogP contribution is 2.28. The normalized spacial score (nSPS) is 10.3. The third kappa shape index (κ3) is 2.56. The minimum Gasteiger partial charge on any atom is -0.336 e. The first-order valence-corrected chi connectivity index (χ1v) is 7.46. The number of H-pyrrole nitrogens is 1. The van der Waals surface area contributed by atoms with Crippen LogP contribution in [0.15, 0.2) is 59.2 Å². The Balaban J connectivity index is 2.23. The maximum atomic E-state index is 8.97. The van der Waals surface area contributed by atoms with Crippen LogP contribution < -0.4 is 0 Å². The lowest BCUT2D eigenvalue weighted by Gasteiger charge is -2.10. The molecule has 0 aliphatic rings. The van der Waals surface area contributed by atoms with Gasteiger partial charge in [-0.25, -0.2) is 0 Å². The Bertz CT molecular complexity index is 888. The fraction of sp³-hybridized carbons (Fsp3) is 0. The van der Waals surface area contributed by atoms with Gasteiger partial charge in [-0.1, -0.05) is 30.3 Å². The quantitative estimate of drug-likeness (QED) is 0.668. The van der Waals surface area contributed by atoms with Crippen molar-refractivity contribution in [2.24, 2.45) is 0 Å². The first-order valence-electron chi connectivity index (χ1n) is 6.26. The first kappa shape index (κ1) is 13.8. The summed E-state index contributed by atoms with van der Waals surface area (Å²) in [6.45, 7) is 0. The Hall–Kier alpha value is -2.16. The summed E-state index contributed by atoms with van der Waals surface area (Å²) in [5.74, 6) is 0. The Labute approximate surface area is 135 Å². The summed E-state index contributed by atoms with van der Waals surface area (Å²) in [5.41, 5.74) is 3.56. The van der Waals surface area contributed by atoms with Gasteiger partial charge < -0.3 is 4.98 Å². The SMILES string of the molecule is N#Cc1ccc(-n2c(-c3ccccc3)c[nH]c2=S)c(Br)c1. The third-order valence-electron chi connectivity index (χ3n) is 3.16. The maximum Gasteiger partial charge on any atom is 0.182 e. The van der Waals surface area contributed by atoms with Crippen LogP contribution in [0.1, 0.15) is 5.56 Å². The molecule has 0 atom stereocenters. The van der Waals surface area contributed by atoms with Crippen molar-refractivity contribution in [2.45, 2.75) is 0 Å². The lowest BCUT2D eigenvalue weighted by atomic mass is 10.1. The van der Waals surface area contributed by atoms with Crippen LogP contribution >= 0.6 is 28.1 Å². The average Bonchev–Trinajstić information content (AvgIpc) is 2.89. The zero-order chi connectivity index (χ0) is 14.8. The van der Waals surface area contributed by atoms with E-state index in [1.165, 1.54) is 0 Å². The number of benzene rings is 2. The van der Waals surface area contributed by atoms with Crippen molar-refractivity contribution in [3.8, 4) is 23.0 Å². The molecule has 0 bridgehead atoms. The van der Waals surface area contributed by atoms with Crippen LogP contribution in [0, 0.1) is 16.1 Å². The van der Waals surface area contributed by atoms with Crippen molar-refractivity contribution in [2.75, 3.05) is 0 Å². The minimum absolute atomic E-state index is 0.606. The highest BCUT2D eigenvalue weighted by Gasteiger charge is 2.11. The number of rotatable bonds is 2. The lowest BCUT2D eigenvalue weighted by Crippen LogP contribution is -1.98. The van der Waals surface area contributed by atoms with Crippen LogP contribution in [-0.2, 0) is 0 Å². The summed E-state index contributed by atoms with van der Waals surface area (Å²) < 4.78 is 3.39. The predicted octanol–water partition coefficient (Wildman–Crippen LogP) is 4.84. The molecule has 0 radical (unpaired) electrons. The van der Waals surface area contributed by atoms with Gasteiger partial charge in [-0.15, -0.1) is 0 Å². The minimum atomic E-state index is 0.606. The Kier molecular flexibility index (Phi) is 3.74. The van der Waals surface area contributed by atoms with Gasteiger partial charge in [0.25, 0.3) is 0 Å². The second kappa shape index (κ2) is 5.68. The van der Waals surface area contributed by atoms with E-state index in [4.69, 9.17) is 17.5 Å². The van der Waals surface area contributed by atoms with Crippen LogP contribution in [0.3, 0.4) is 0 Å². The zero-order valence-corrected chi connectivity index (χ0v) is 13.3. The topological polar surface area (TPSA) is 44.5 Å². The van der Waals surface area contributed by atoms with E-state index in [9.17, 15) is 0 Å². The highest BCUT2D eigenvalue weighted by molar-refractivity contribution is 9.10. The van der Waals surface area contributed by atoms with E-state index in [0.29, 0.717) is 10.3 Å². The number of nitrogens with one attached hydrogen (secondary N) is 1. The molecule has 0 unspecified atom stereocenters. The van der Waals surface area contributed by atoms with Gasteiger partial charge in [0.1, 0.15) is 0 Å². The molecule has 0 aliphatic heterocycles. The molecule has 1 N–H and O–H groups in total. The van der Waals surface area contributed by atoms with Crippen molar-refractivity contribution >= 4 is 28.1 Å². The Morgan fingerprint density at radius 3 is 2.57 bits per heavy atom. The molecule has 3 rings (SSSR count). The van der Waals surface area contributed by atoms with Crippen molar-refractivity contribution < 1.29 is 0 Å². The Morgan fingerprint density at radius 2 is 1.90 bits per heavy atom. The second-order valence-electron chi connectivity index (χ2n) is 4.46. The smallest absolute Gasteiger partial charge is 0.182 e. The van der Waals surface area contributed by atoms with E-state index >= 15 is 0 Å². The number of imidazole rings is 1. The summed E-state index contributed by atoms with van der Waals surface area (Å²) in [6, 6.07) is 17.6. The molecule has 1 heterocycles. The highest BCUT2D eigenvalue weighted by atomic mass is 79.9. The standard InChI is InChI=1S/C16H10BrN3S/c17-13-8-11(9-18)6-7-14(13)20-15(10-19-16(20)21)12-4-2-1-3-5-12/h1-8,10H,(H,19,21). The van der Waals surface area contributed by atoms with Gasteiger partial charge in [0.05, 0.1) is 23.0 Å². The van der Waals surface area contributed by atoms with Gasteiger partial charge in [0, 0.05) is 16.2 Å². The summed E-state index contributed by atoms with van der Waals surface area (Å²) in [5, 5.41) is 8.97. The Morgan fingerprint density at radius 1 is 1.14 bits per heavy atom. The molecule has 0 spiro atoms. The van der Waals surface area contributed by atoms with Crippen LogP contribution in [0.5, 0.6) is 0 Å². The molecule has 0 saturated carbocycles. The largest absolute Gasteiger partial charge is 0.336 e. The summed E-state index contributed by atoms with van der Waals surface area (Å²) in [4.78, 5) is 3.08. The van der Waals surface area contributed by atoms with E-state index in [2.05, 4.69) is 27.0 Å². The number of aromatic nitrogens is 2. The molecule has 21 heavy (non-hydrogen) atoms. The molecule has 3 nitrogen and oxygen atoms in total. The molecule has 5 heteroatoms. The zero-order valence-electron chi connectivity index (χ0n) is 10.9. The second-order valence-corrected chi connectivity index (χ2v) is 5.70. The van der Waals surface area contributed by atoms with Gasteiger partial charge in [-0.3, -0.25) is 4.57 Å². The van der Waals surface area contributed by atoms with Crippen molar-refractivity contribution in [1.29, 1.82) is 5.26 Å². The summed E-state index contributed by atoms with van der Waals surface area (Å²) in [7, 11) is 0. The molecule has 0 aliphatic carbocycles. The first-order chi connectivity index (χ1) is 10.2. The number of halogens is 1. The summed E-state index contributed by atoms with van der Waals surface area (Å²) >= 11 is 8.92. The molecule has 0 amide bonds. The van der Waals surface area contributed by atoms with Gasteiger partial charge >= 0.3 is 0 Å². The summed E-state index contributed by atoms with van der Waals surface area (Å²) in [6.07, 6.45) is 1.89. The molecule has 0 saturated heterocycles. The maximum absolute atomic E-state index is 8.97. The van der Waals surface area contributed by atoms with E-state index in [1.807, 2.05) is 47.2 Å². The van der Waals surface area contributed by atoms with E-state index in [0.717, 1.165) is 21.4 Å². The van der Waals surface area contributed by atoms with Gasteiger partial charge in [0.15, 0.2) is 4.77 Å². The molecule has 1 aromatic heterocycles. The van der Waals surface area contributed by atoms with E-state index in [1.54, 1.807) is 12.1 Å². The fourth-order valence-corrected chi connectivity index (χ4v) is 3.00. The monoisotopic (exact) mass is 355 g/mol. The fourth-order valence-electron chi connectivity index (χ4n) is 2.19. The van der Waals surface area contributed by atoms with Crippen LogP contribution in [0.4, 0.5) is 0 Å². The van der Waals surface area contributed by atoms with Gasteiger partial charge in [0.2, 0.25) is 0 Å². The molecular weight excluding hydrogens is 346 g/mol. The van der Waals surface area contributed by atoms with Crippen LogP contribution in [-0.4, -0.2) is 9.55 Å². The van der Waals surface area contributed by atoms with Crippen molar-refractivity contribution in [1.82, 2.24) is 9.55 Å².